The Balaban J connectivity index is 2.49. The molecule has 0 bridgehead atoms. The molecule has 2 nitrogen and oxygen atoms in total. The van der Waals surface area contributed by atoms with Gasteiger partial charge in [0.1, 0.15) is 5.01 Å². The van der Waals surface area contributed by atoms with Crippen LogP contribution in [0.3, 0.4) is 0 Å². The molecule has 0 aliphatic rings. The van der Waals surface area contributed by atoms with Crippen LogP contribution in [0.2, 0.25) is 0 Å². The fraction of sp³-hybridized carbons (Fsp3) is 0.438. The van der Waals surface area contributed by atoms with Gasteiger partial charge in [-0.1, -0.05) is 48.8 Å². The van der Waals surface area contributed by atoms with E-state index in [0.717, 1.165) is 16.0 Å². The summed E-state index contributed by atoms with van der Waals surface area (Å²) in [5.74, 6) is 0. The van der Waals surface area contributed by atoms with Gasteiger partial charge in [-0.15, -0.1) is 11.3 Å². The van der Waals surface area contributed by atoms with E-state index in [2.05, 4.69) is 67.1 Å². The number of thiazole rings is 1. The van der Waals surface area contributed by atoms with Crippen molar-refractivity contribution in [2.24, 2.45) is 0 Å². The molecule has 4 heteroatoms. The molecule has 0 atom stereocenters. The number of rotatable bonds is 3. The average molecular weight is 353 g/mol. The minimum atomic E-state index is 0.0723. The van der Waals surface area contributed by atoms with Crippen molar-refractivity contribution in [2.45, 2.75) is 39.7 Å². The number of aromatic nitrogens is 1. The van der Waals surface area contributed by atoms with Crippen molar-refractivity contribution in [2.75, 3.05) is 7.05 Å². The Hall–Kier alpha value is -0.710. The van der Waals surface area contributed by atoms with Crippen molar-refractivity contribution < 1.29 is 0 Å². The van der Waals surface area contributed by atoms with Gasteiger partial charge >= 0.3 is 0 Å². The first kappa shape index (κ1) is 15.7. The number of nitrogens with zero attached hydrogens (tertiary/aromatic N) is 1. The van der Waals surface area contributed by atoms with Crippen LogP contribution >= 0.6 is 27.3 Å². The zero-order valence-corrected chi connectivity index (χ0v) is 15.1. The molecule has 108 valence electrons. The molecule has 0 fully saturated rings. The van der Waals surface area contributed by atoms with E-state index in [1.807, 2.05) is 7.05 Å². The largest absolute Gasteiger partial charge is 0.315 e. The van der Waals surface area contributed by atoms with Crippen LogP contribution in [0.4, 0.5) is 0 Å². The number of halogens is 1. The van der Waals surface area contributed by atoms with Crippen LogP contribution in [0.5, 0.6) is 0 Å². The molecule has 1 N–H and O–H groups in total. The normalized spacial score (nSPS) is 11.9. The second-order valence-corrected chi connectivity index (χ2v) is 7.97. The molecule has 0 unspecified atom stereocenters. The molecule has 1 heterocycles. The molecule has 0 saturated carbocycles. The van der Waals surface area contributed by atoms with Gasteiger partial charge < -0.3 is 5.32 Å². The van der Waals surface area contributed by atoms with Crippen LogP contribution < -0.4 is 5.32 Å². The van der Waals surface area contributed by atoms with E-state index in [9.17, 15) is 0 Å². The van der Waals surface area contributed by atoms with Crippen LogP contribution in [0.1, 0.15) is 36.9 Å². The first-order chi connectivity index (χ1) is 9.32. The number of hydrogen-bond donors (Lipinski definition) is 1. The lowest BCUT2D eigenvalue weighted by molar-refractivity contribution is 0.563. The maximum Gasteiger partial charge on any atom is 0.123 e. The van der Waals surface area contributed by atoms with E-state index in [1.54, 1.807) is 11.3 Å². The number of hydrogen-bond acceptors (Lipinski definition) is 3. The van der Waals surface area contributed by atoms with Crippen LogP contribution in [0, 0.1) is 6.92 Å². The van der Waals surface area contributed by atoms with Gasteiger partial charge in [-0.3, -0.25) is 0 Å². The quantitative estimate of drug-likeness (QED) is 0.849. The molecule has 0 aliphatic carbocycles. The molecule has 0 saturated heterocycles. The summed E-state index contributed by atoms with van der Waals surface area (Å²) >= 11 is 5.39. The van der Waals surface area contributed by atoms with Gasteiger partial charge in [0.25, 0.3) is 0 Å². The molecule has 0 amide bonds. The summed E-state index contributed by atoms with van der Waals surface area (Å²) < 4.78 is 1.14. The van der Waals surface area contributed by atoms with Crippen LogP contribution in [-0.4, -0.2) is 12.0 Å². The lowest BCUT2D eigenvalue weighted by Crippen LogP contribution is -2.16. The fourth-order valence-electron chi connectivity index (χ4n) is 2.07. The monoisotopic (exact) mass is 352 g/mol. The van der Waals surface area contributed by atoms with Gasteiger partial charge in [-0.2, -0.15) is 0 Å². The predicted molar refractivity (Wildman–Crippen MR) is 91.5 cm³/mol. The van der Waals surface area contributed by atoms with Gasteiger partial charge in [0.15, 0.2) is 0 Å². The summed E-state index contributed by atoms with van der Waals surface area (Å²) in [5, 5.41) is 4.34. The van der Waals surface area contributed by atoms with Gasteiger partial charge in [0, 0.05) is 26.9 Å². The van der Waals surface area contributed by atoms with Crippen molar-refractivity contribution in [3.63, 3.8) is 0 Å². The van der Waals surface area contributed by atoms with Crippen molar-refractivity contribution in [1.82, 2.24) is 10.3 Å². The van der Waals surface area contributed by atoms with E-state index in [4.69, 9.17) is 4.98 Å². The van der Waals surface area contributed by atoms with Crippen LogP contribution in [-0.2, 0) is 12.0 Å². The first-order valence-corrected chi connectivity index (χ1v) is 8.35. The Kier molecular flexibility index (Phi) is 4.67. The molecule has 1 aromatic heterocycles. The predicted octanol–water partition coefficient (Wildman–Crippen LogP) is 4.90. The lowest BCUT2D eigenvalue weighted by atomic mass is 9.91. The Morgan fingerprint density at radius 1 is 1.30 bits per heavy atom. The Labute approximate surface area is 133 Å². The van der Waals surface area contributed by atoms with E-state index in [0.29, 0.717) is 0 Å². The Morgan fingerprint density at radius 3 is 2.55 bits per heavy atom. The van der Waals surface area contributed by atoms with Crippen molar-refractivity contribution >= 4 is 27.3 Å². The molecule has 2 aromatic rings. The second kappa shape index (κ2) is 5.96. The maximum absolute atomic E-state index is 4.90. The molecule has 2 rings (SSSR count). The van der Waals surface area contributed by atoms with Crippen LogP contribution in [0.15, 0.2) is 22.7 Å². The summed E-state index contributed by atoms with van der Waals surface area (Å²) in [6.45, 7) is 9.63. The van der Waals surface area contributed by atoms with E-state index >= 15 is 0 Å². The van der Waals surface area contributed by atoms with Gasteiger partial charge in [0.05, 0.1) is 5.69 Å². The zero-order valence-electron chi connectivity index (χ0n) is 12.7. The summed E-state index contributed by atoms with van der Waals surface area (Å²) in [6.07, 6.45) is 0. The molecular formula is C16H21BrN2S. The number of aryl methyl sites for hydroxylation is 1. The minimum Gasteiger partial charge on any atom is -0.315 e. The van der Waals surface area contributed by atoms with E-state index in [1.165, 1.54) is 21.7 Å². The third-order valence-corrected chi connectivity index (χ3v) is 5.12. The van der Waals surface area contributed by atoms with Gasteiger partial charge in [-0.05, 0) is 25.6 Å². The van der Waals surface area contributed by atoms with Gasteiger partial charge in [-0.25, -0.2) is 4.98 Å². The molecule has 20 heavy (non-hydrogen) atoms. The van der Waals surface area contributed by atoms with Crippen LogP contribution in [0.25, 0.3) is 10.6 Å². The SMILES string of the molecule is CNCc1sc(-c2ccc(C)c(Br)c2)nc1C(C)(C)C. The molecule has 0 aliphatic heterocycles. The minimum absolute atomic E-state index is 0.0723. The standard InChI is InChI=1S/C16H21BrN2S/c1-10-6-7-11(8-12(10)17)15-19-14(16(2,3)4)13(20-15)9-18-5/h6-8,18H,9H2,1-5H3. The maximum atomic E-state index is 4.90. The highest BCUT2D eigenvalue weighted by atomic mass is 79.9. The van der Waals surface area contributed by atoms with E-state index < -0.39 is 0 Å². The lowest BCUT2D eigenvalue weighted by Gasteiger charge is -2.17. The smallest absolute Gasteiger partial charge is 0.123 e. The number of nitrogens with one attached hydrogen (secondary N) is 1. The van der Waals surface area contributed by atoms with E-state index in [-0.39, 0.29) is 5.41 Å². The Morgan fingerprint density at radius 2 is 2.00 bits per heavy atom. The first-order valence-electron chi connectivity index (χ1n) is 6.74. The highest BCUT2D eigenvalue weighted by molar-refractivity contribution is 9.10. The molecule has 0 spiro atoms. The third-order valence-electron chi connectivity index (χ3n) is 3.16. The second-order valence-electron chi connectivity index (χ2n) is 6.04. The summed E-state index contributed by atoms with van der Waals surface area (Å²) in [4.78, 5) is 6.22. The Bertz CT molecular complexity index is 611. The average Bonchev–Trinajstić information content (AvgIpc) is 2.77. The van der Waals surface area contributed by atoms with Crippen molar-refractivity contribution in [3.05, 3.63) is 38.8 Å². The van der Waals surface area contributed by atoms with Crippen molar-refractivity contribution in [1.29, 1.82) is 0 Å². The molecule has 0 radical (unpaired) electrons. The summed E-state index contributed by atoms with van der Waals surface area (Å²) in [7, 11) is 1.98. The van der Waals surface area contributed by atoms with Gasteiger partial charge in [0.2, 0.25) is 0 Å². The zero-order chi connectivity index (χ0) is 14.9. The summed E-state index contributed by atoms with van der Waals surface area (Å²) in [6, 6.07) is 6.44. The highest BCUT2D eigenvalue weighted by Gasteiger charge is 2.23. The number of benzene rings is 1. The molecule has 1 aromatic carbocycles. The van der Waals surface area contributed by atoms with Crippen molar-refractivity contribution in [3.8, 4) is 10.6 Å². The molecular weight excluding hydrogens is 332 g/mol. The third kappa shape index (κ3) is 3.30. The topological polar surface area (TPSA) is 24.9 Å². The fourth-order valence-corrected chi connectivity index (χ4v) is 3.73. The highest BCUT2D eigenvalue weighted by Crippen LogP contribution is 2.35. The summed E-state index contributed by atoms with van der Waals surface area (Å²) in [5.41, 5.74) is 3.70.